The van der Waals surface area contributed by atoms with E-state index in [1.807, 2.05) is 0 Å². The first kappa shape index (κ1) is 10.7. The van der Waals surface area contributed by atoms with Gasteiger partial charge < -0.3 is 9.73 Å². The lowest BCUT2D eigenvalue weighted by Crippen LogP contribution is -2.13. The average molecular weight is 237 g/mol. The number of anilines is 1. The number of halogens is 1. The molecule has 0 bridgehead atoms. The molecule has 1 amide bonds. The van der Waals surface area contributed by atoms with Crippen LogP contribution < -0.4 is 5.32 Å². The maximum absolute atomic E-state index is 11.8. The van der Waals surface area contributed by atoms with Crippen molar-refractivity contribution >= 4 is 23.3 Å². The summed E-state index contributed by atoms with van der Waals surface area (Å²) in [4.78, 5) is 15.7. The van der Waals surface area contributed by atoms with Crippen molar-refractivity contribution in [3.63, 3.8) is 0 Å². The van der Waals surface area contributed by atoms with Crippen molar-refractivity contribution in [3.05, 3.63) is 47.0 Å². The molecule has 16 heavy (non-hydrogen) atoms. The molecular formula is C11H9ClN2O2. The molecule has 0 radical (unpaired) electrons. The number of hydrogen-bond acceptors (Lipinski definition) is 3. The predicted octanol–water partition coefficient (Wildman–Crippen LogP) is 2.89. The molecule has 5 heteroatoms. The van der Waals surface area contributed by atoms with Crippen LogP contribution in [0.3, 0.4) is 0 Å². The molecule has 82 valence electrons. The zero-order chi connectivity index (χ0) is 11.5. The second kappa shape index (κ2) is 4.37. The van der Waals surface area contributed by atoms with Gasteiger partial charge in [0.1, 0.15) is 16.7 Å². The van der Waals surface area contributed by atoms with Crippen LogP contribution in [0, 0.1) is 6.92 Å². The first-order valence-electron chi connectivity index (χ1n) is 4.65. The number of carbonyl (C=O) groups excluding carboxylic acids is 1. The summed E-state index contributed by atoms with van der Waals surface area (Å²) in [5.41, 5.74) is 0.488. The van der Waals surface area contributed by atoms with Gasteiger partial charge in [-0.2, -0.15) is 0 Å². The van der Waals surface area contributed by atoms with E-state index < -0.39 is 0 Å². The summed E-state index contributed by atoms with van der Waals surface area (Å²) in [5, 5.41) is 2.97. The van der Waals surface area contributed by atoms with E-state index in [1.165, 1.54) is 6.26 Å². The highest BCUT2D eigenvalue weighted by Gasteiger charge is 2.11. The first-order valence-corrected chi connectivity index (χ1v) is 5.02. The Morgan fingerprint density at radius 2 is 2.25 bits per heavy atom. The van der Waals surface area contributed by atoms with Crippen LogP contribution in [0.1, 0.15) is 16.1 Å². The number of hydrogen-bond donors (Lipinski definition) is 1. The molecule has 2 aromatic heterocycles. The summed E-state index contributed by atoms with van der Waals surface area (Å²) in [6, 6.07) is 6.63. The van der Waals surface area contributed by atoms with Crippen LogP contribution in [0.4, 0.5) is 5.82 Å². The molecule has 0 aromatic carbocycles. The van der Waals surface area contributed by atoms with Crippen molar-refractivity contribution in [1.82, 2.24) is 4.98 Å². The molecule has 1 N–H and O–H groups in total. The second-order valence-corrected chi connectivity index (χ2v) is 3.58. The summed E-state index contributed by atoms with van der Waals surface area (Å²) in [5.74, 6) is 0.721. The number of furan rings is 1. The summed E-state index contributed by atoms with van der Waals surface area (Å²) in [7, 11) is 0. The van der Waals surface area contributed by atoms with E-state index in [0.29, 0.717) is 22.3 Å². The Hall–Kier alpha value is -1.81. The second-order valence-electron chi connectivity index (χ2n) is 3.19. The monoisotopic (exact) mass is 236 g/mol. The van der Waals surface area contributed by atoms with Crippen molar-refractivity contribution in [2.24, 2.45) is 0 Å². The predicted molar refractivity (Wildman–Crippen MR) is 60.6 cm³/mol. The van der Waals surface area contributed by atoms with Crippen molar-refractivity contribution in [1.29, 1.82) is 0 Å². The summed E-state index contributed by atoms with van der Waals surface area (Å²) >= 11 is 5.70. The van der Waals surface area contributed by atoms with Crippen LogP contribution in [-0.4, -0.2) is 10.9 Å². The Kier molecular flexibility index (Phi) is 2.92. The minimum absolute atomic E-state index is 0.263. The molecule has 2 rings (SSSR count). The Labute approximate surface area is 97.2 Å². The lowest BCUT2D eigenvalue weighted by Gasteiger charge is -2.03. The molecule has 0 saturated heterocycles. The highest BCUT2D eigenvalue weighted by atomic mass is 35.5. The number of aromatic nitrogens is 1. The maximum atomic E-state index is 11.8. The molecule has 0 spiro atoms. The van der Waals surface area contributed by atoms with Gasteiger partial charge in [-0.05, 0) is 25.1 Å². The Morgan fingerprint density at radius 1 is 1.44 bits per heavy atom. The van der Waals surface area contributed by atoms with E-state index >= 15 is 0 Å². The number of nitrogens with one attached hydrogen (secondary N) is 1. The SMILES string of the molecule is Cc1occc1C(=O)Nc1cccc(Cl)n1. The van der Waals surface area contributed by atoms with Gasteiger partial charge in [0.2, 0.25) is 0 Å². The summed E-state index contributed by atoms with van der Waals surface area (Å²) < 4.78 is 5.04. The van der Waals surface area contributed by atoms with Gasteiger partial charge in [0.05, 0.1) is 11.8 Å². The number of nitrogens with zero attached hydrogens (tertiary/aromatic N) is 1. The van der Waals surface area contributed by atoms with Gasteiger partial charge in [-0.3, -0.25) is 4.79 Å². The Bertz CT molecular complexity index is 522. The zero-order valence-electron chi connectivity index (χ0n) is 8.53. The van der Waals surface area contributed by atoms with Gasteiger partial charge in [0.15, 0.2) is 0 Å². The first-order chi connectivity index (χ1) is 7.66. The molecule has 4 nitrogen and oxygen atoms in total. The minimum atomic E-state index is -0.263. The molecule has 0 aliphatic carbocycles. The van der Waals surface area contributed by atoms with Crippen LogP contribution in [0.25, 0.3) is 0 Å². The maximum Gasteiger partial charge on any atom is 0.260 e. The summed E-state index contributed by atoms with van der Waals surface area (Å²) in [6.45, 7) is 1.72. The number of aryl methyl sites for hydroxylation is 1. The molecule has 0 fully saturated rings. The molecule has 0 atom stereocenters. The van der Waals surface area contributed by atoms with E-state index in [9.17, 15) is 4.79 Å². The van der Waals surface area contributed by atoms with E-state index in [4.69, 9.17) is 16.0 Å². The average Bonchev–Trinajstić information content (AvgIpc) is 2.64. The van der Waals surface area contributed by atoms with Crippen LogP contribution in [0.2, 0.25) is 5.15 Å². The van der Waals surface area contributed by atoms with Crippen LogP contribution in [0.15, 0.2) is 34.9 Å². The molecule has 2 aromatic rings. The molecule has 0 unspecified atom stereocenters. The molecule has 0 aliphatic rings. The lowest BCUT2D eigenvalue weighted by atomic mass is 10.2. The van der Waals surface area contributed by atoms with Gasteiger partial charge in [0.25, 0.3) is 5.91 Å². The number of rotatable bonds is 2. The highest BCUT2D eigenvalue weighted by Crippen LogP contribution is 2.13. The Morgan fingerprint density at radius 3 is 2.88 bits per heavy atom. The third-order valence-corrected chi connectivity index (χ3v) is 2.27. The van der Waals surface area contributed by atoms with E-state index in [-0.39, 0.29) is 5.91 Å². The van der Waals surface area contributed by atoms with E-state index in [1.54, 1.807) is 31.2 Å². The van der Waals surface area contributed by atoms with Crippen molar-refractivity contribution < 1.29 is 9.21 Å². The number of amides is 1. The van der Waals surface area contributed by atoms with Gasteiger partial charge in [0, 0.05) is 0 Å². The number of pyridine rings is 1. The minimum Gasteiger partial charge on any atom is -0.469 e. The van der Waals surface area contributed by atoms with E-state index in [2.05, 4.69) is 10.3 Å². The highest BCUT2D eigenvalue weighted by molar-refractivity contribution is 6.29. The zero-order valence-corrected chi connectivity index (χ0v) is 9.28. The topological polar surface area (TPSA) is 55.1 Å². The third-order valence-electron chi connectivity index (χ3n) is 2.06. The fraction of sp³-hybridized carbons (Fsp3) is 0.0909. The summed E-state index contributed by atoms with van der Waals surface area (Å²) in [6.07, 6.45) is 1.47. The van der Waals surface area contributed by atoms with Crippen LogP contribution >= 0.6 is 11.6 Å². The standard InChI is InChI=1S/C11H9ClN2O2/c1-7-8(5-6-16-7)11(15)14-10-4-2-3-9(12)13-10/h2-6H,1H3,(H,13,14,15). The molecule has 0 saturated carbocycles. The molecule has 2 heterocycles. The van der Waals surface area contributed by atoms with Gasteiger partial charge in [-0.1, -0.05) is 17.7 Å². The van der Waals surface area contributed by atoms with Crippen molar-refractivity contribution in [2.75, 3.05) is 5.32 Å². The third kappa shape index (κ3) is 2.23. The van der Waals surface area contributed by atoms with Gasteiger partial charge in [-0.15, -0.1) is 0 Å². The fourth-order valence-electron chi connectivity index (χ4n) is 1.28. The van der Waals surface area contributed by atoms with Crippen molar-refractivity contribution in [3.8, 4) is 0 Å². The normalized spacial score (nSPS) is 10.1. The van der Waals surface area contributed by atoms with Crippen LogP contribution in [-0.2, 0) is 0 Å². The largest absolute Gasteiger partial charge is 0.469 e. The quantitative estimate of drug-likeness (QED) is 0.816. The van der Waals surface area contributed by atoms with Gasteiger partial charge in [-0.25, -0.2) is 4.98 Å². The van der Waals surface area contributed by atoms with Gasteiger partial charge >= 0.3 is 0 Å². The number of carbonyl (C=O) groups is 1. The molecule has 0 aliphatic heterocycles. The molecular weight excluding hydrogens is 228 g/mol. The van der Waals surface area contributed by atoms with Crippen molar-refractivity contribution in [2.45, 2.75) is 6.92 Å². The van der Waals surface area contributed by atoms with Crippen LogP contribution in [0.5, 0.6) is 0 Å². The Balaban J connectivity index is 2.17. The smallest absolute Gasteiger partial charge is 0.260 e. The fourth-order valence-corrected chi connectivity index (χ4v) is 1.45. The van der Waals surface area contributed by atoms with E-state index in [0.717, 1.165) is 0 Å². The lowest BCUT2D eigenvalue weighted by molar-refractivity contribution is 0.102.